The van der Waals surface area contributed by atoms with Gasteiger partial charge >= 0.3 is 6.29 Å². The van der Waals surface area contributed by atoms with Gasteiger partial charge < -0.3 is 14.8 Å². The largest absolute Gasteiger partial charge is 0.448 e. The molecule has 2 aromatic carbocycles. The van der Waals surface area contributed by atoms with Crippen molar-refractivity contribution < 1.29 is 14.3 Å². The van der Waals surface area contributed by atoms with Gasteiger partial charge in [0.25, 0.3) is 0 Å². The summed E-state index contributed by atoms with van der Waals surface area (Å²) >= 11 is 0. The maximum Gasteiger partial charge on any atom is 0.301 e. The third-order valence-electron chi connectivity index (χ3n) is 2.59. The van der Waals surface area contributed by atoms with E-state index in [2.05, 4.69) is 5.32 Å². The number of likely N-dealkylation sites (N-methyl/N-ethyl adjacent to an activating group) is 1. The van der Waals surface area contributed by atoms with Crippen LogP contribution in [0.4, 0.5) is 0 Å². The molecule has 2 aromatic rings. The van der Waals surface area contributed by atoms with E-state index in [4.69, 9.17) is 9.47 Å². The van der Waals surface area contributed by atoms with E-state index in [1.54, 1.807) is 31.3 Å². The Hall–Kier alpha value is -2.33. The van der Waals surface area contributed by atoms with E-state index >= 15 is 0 Å². The predicted molar refractivity (Wildman–Crippen MR) is 76.9 cm³/mol. The van der Waals surface area contributed by atoms with E-state index in [-0.39, 0.29) is 12.3 Å². The standard InChI is InChI=1S/C16H17NO3/c1-17-12-15(18)16(19-13-8-4-2-5-9-13)20-14-10-6-3-7-11-14/h2-11,16-17H,12H2,1H3. The summed E-state index contributed by atoms with van der Waals surface area (Å²) in [5, 5.41) is 2.81. The molecule has 4 heteroatoms. The van der Waals surface area contributed by atoms with Gasteiger partial charge in [-0.1, -0.05) is 36.4 Å². The second-order valence-electron chi connectivity index (χ2n) is 4.19. The van der Waals surface area contributed by atoms with Crippen LogP contribution in [0.5, 0.6) is 11.5 Å². The monoisotopic (exact) mass is 271 g/mol. The molecule has 0 spiro atoms. The van der Waals surface area contributed by atoms with Gasteiger partial charge in [-0.25, -0.2) is 0 Å². The molecule has 0 aromatic heterocycles. The summed E-state index contributed by atoms with van der Waals surface area (Å²) in [6.45, 7) is 0.185. The summed E-state index contributed by atoms with van der Waals surface area (Å²) in [7, 11) is 1.71. The molecule has 0 heterocycles. The van der Waals surface area contributed by atoms with Gasteiger partial charge in [0.2, 0.25) is 5.78 Å². The lowest BCUT2D eigenvalue weighted by atomic mass is 10.3. The maximum atomic E-state index is 12.0. The van der Waals surface area contributed by atoms with E-state index in [1.807, 2.05) is 36.4 Å². The van der Waals surface area contributed by atoms with Crippen LogP contribution in [0, 0.1) is 0 Å². The summed E-state index contributed by atoms with van der Waals surface area (Å²) in [6.07, 6.45) is -0.966. The number of hydrogen-bond donors (Lipinski definition) is 1. The third-order valence-corrected chi connectivity index (χ3v) is 2.59. The molecule has 0 bridgehead atoms. The fourth-order valence-corrected chi connectivity index (χ4v) is 1.66. The Bertz CT molecular complexity index is 486. The van der Waals surface area contributed by atoms with Crippen molar-refractivity contribution in [3.8, 4) is 11.5 Å². The highest BCUT2D eigenvalue weighted by molar-refractivity contribution is 5.84. The highest BCUT2D eigenvalue weighted by Crippen LogP contribution is 2.16. The number of benzene rings is 2. The molecule has 4 nitrogen and oxygen atoms in total. The number of rotatable bonds is 7. The van der Waals surface area contributed by atoms with Gasteiger partial charge in [0.15, 0.2) is 0 Å². The van der Waals surface area contributed by atoms with Crippen molar-refractivity contribution >= 4 is 5.78 Å². The molecule has 0 atom stereocenters. The topological polar surface area (TPSA) is 47.6 Å². The Labute approximate surface area is 118 Å². The van der Waals surface area contributed by atoms with Gasteiger partial charge in [-0.15, -0.1) is 0 Å². The van der Waals surface area contributed by atoms with Crippen molar-refractivity contribution in [1.82, 2.24) is 5.32 Å². The van der Waals surface area contributed by atoms with Crippen LogP contribution in [0.3, 0.4) is 0 Å². The molecule has 104 valence electrons. The second-order valence-corrected chi connectivity index (χ2v) is 4.19. The fourth-order valence-electron chi connectivity index (χ4n) is 1.66. The molecule has 1 N–H and O–H groups in total. The second kappa shape index (κ2) is 7.31. The Balaban J connectivity index is 2.10. The lowest BCUT2D eigenvalue weighted by Crippen LogP contribution is -2.38. The van der Waals surface area contributed by atoms with Crippen LogP contribution in [-0.2, 0) is 4.79 Å². The molecule has 0 unspecified atom stereocenters. The van der Waals surface area contributed by atoms with Crippen molar-refractivity contribution in [3.05, 3.63) is 60.7 Å². The van der Waals surface area contributed by atoms with Crippen molar-refractivity contribution in [3.63, 3.8) is 0 Å². The predicted octanol–water partition coefficient (Wildman–Crippen LogP) is 2.26. The minimum Gasteiger partial charge on any atom is -0.448 e. The Morgan fingerprint density at radius 1 is 0.950 bits per heavy atom. The summed E-state index contributed by atoms with van der Waals surface area (Å²) in [5.41, 5.74) is 0. The maximum absolute atomic E-state index is 12.0. The Morgan fingerprint density at radius 2 is 1.40 bits per heavy atom. The Kier molecular flexibility index (Phi) is 5.15. The number of ether oxygens (including phenoxy) is 2. The number of carbonyl (C=O) groups is 1. The zero-order valence-electron chi connectivity index (χ0n) is 11.3. The molecule has 0 radical (unpaired) electrons. The number of para-hydroxylation sites is 2. The summed E-state index contributed by atoms with van der Waals surface area (Å²) in [4.78, 5) is 12.0. The van der Waals surface area contributed by atoms with Crippen molar-refractivity contribution in [2.75, 3.05) is 13.6 Å². The van der Waals surface area contributed by atoms with Crippen LogP contribution < -0.4 is 14.8 Å². The number of carbonyl (C=O) groups excluding carboxylic acids is 1. The summed E-state index contributed by atoms with van der Waals surface area (Å²) in [6, 6.07) is 18.3. The van der Waals surface area contributed by atoms with E-state index < -0.39 is 6.29 Å². The minimum absolute atomic E-state index is 0.166. The zero-order chi connectivity index (χ0) is 14.2. The van der Waals surface area contributed by atoms with Crippen molar-refractivity contribution in [1.29, 1.82) is 0 Å². The first kappa shape index (κ1) is 14.1. The van der Waals surface area contributed by atoms with Gasteiger partial charge in [0, 0.05) is 0 Å². The molecule has 20 heavy (non-hydrogen) atoms. The van der Waals surface area contributed by atoms with Crippen LogP contribution in [0.25, 0.3) is 0 Å². The van der Waals surface area contributed by atoms with Crippen LogP contribution >= 0.6 is 0 Å². The average Bonchev–Trinajstić information content (AvgIpc) is 2.49. The van der Waals surface area contributed by atoms with Crippen molar-refractivity contribution in [2.45, 2.75) is 6.29 Å². The van der Waals surface area contributed by atoms with Crippen LogP contribution in [0.2, 0.25) is 0 Å². The highest BCUT2D eigenvalue weighted by Gasteiger charge is 2.21. The number of nitrogens with one attached hydrogen (secondary N) is 1. The lowest BCUT2D eigenvalue weighted by Gasteiger charge is -2.19. The summed E-state index contributed by atoms with van der Waals surface area (Å²) in [5.74, 6) is 1.02. The Morgan fingerprint density at radius 3 is 1.80 bits per heavy atom. The smallest absolute Gasteiger partial charge is 0.301 e. The highest BCUT2D eigenvalue weighted by atomic mass is 16.7. The fraction of sp³-hybridized carbons (Fsp3) is 0.188. The van der Waals surface area contributed by atoms with E-state index in [9.17, 15) is 4.79 Å². The molecule has 0 aliphatic heterocycles. The zero-order valence-corrected chi connectivity index (χ0v) is 11.3. The van der Waals surface area contributed by atoms with E-state index in [0.29, 0.717) is 11.5 Å². The lowest BCUT2D eigenvalue weighted by molar-refractivity contribution is -0.136. The van der Waals surface area contributed by atoms with Crippen LogP contribution in [0.1, 0.15) is 0 Å². The number of hydrogen-bond acceptors (Lipinski definition) is 4. The first-order chi connectivity index (χ1) is 9.79. The van der Waals surface area contributed by atoms with Gasteiger partial charge in [0.05, 0.1) is 6.54 Å². The quantitative estimate of drug-likeness (QED) is 0.785. The molecule has 0 aliphatic carbocycles. The molecule has 0 saturated carbocycles. The average molecular weight is 271 g/mol. The van der Waals surface area contributed by atoms with E-state index in [0.717, 1.165) is 0 Å². The normalized spacial score (nSPS) is 10.3. The number of Topliss-reactive ketones (excluding diaryl/α,β-unsaturated/α-hetero) is 1. The first-order valence-electron chi connectivity index (χ1n) is 6.40. The van der Waals surface area contributed by atoms with Gasteiger partial charge in [-0.3, -0.25) is 4.79 Å². The molecule has 2 rings (SSSR count). The first-order valence-corrected chi connectivity index (χ1v) is 6.40. The van der Waals surface area contributed by atoms with Gasteiger partial charge in [-0.2, -0.15) is 0 Å². The molecule has 0 aliphatic rings. The van der Waals surface area contributed by atoms with Crippen LogP contribution in [0.15, 0.2) is 60.7 Å². The van der Waals surface area contributed by atoms with Crippen LogP contribution in [-0.4, -0.2) is 25.7 Å². The molecule has 0 fully saturated rings. The van der Waals surface area contributed by atoms with E-state index in [1.165, 1.54) is 0 Å². The molecule has 0 saturated heterocycles. The van der Waals surface area contributed by atoms with Gasteiger partial charge in [-0.05, 0) is 31.3 Å². The third kappa shape index (κ3) is 4.10. The number of ketones is 1. The molecule has 0 amide bonds. The molecular formula is C16H17NO3. The molecular weight excluding hydrogens is 254 g/mol. The SMILES string of the molecule is CNCC(=O)C(Oc1ccccc1)Oc1ccccc1. The minimum atomic E-state index is -0.966. The van der Waals surface area contributed by atoms with Gasteiger partial charge in [0.1, 0.15) is 11.5 Å². The van der Waals surface area contributed by atoms with Crippen molar-refractivity contribution in [2.24, 2.45) is 0 Å². The summed E-state index contributed by atoms with van der Waals surface area (Å²) < 4.78 is 11.2.